The summed E-state index contributed by atoms with van der Waals surface area (Å²) in [6, 6.07) is 13.1. The van der Waals surface area contributed by atoms with Crippen molar-refractivity contribution < 1.29 is 13.9 Å². The van der Waals surface area contributed by atoms with E-state index in [0.29, 0.717) is 35.0 Å². The standard InChI is InChI=1S/C20H16BrN5O3S/c21-15-3-1-13(2-4-15)17-6-5-16(29-17)11-14(12-22)18(27)23-19-24-25-20(30-19)26-7-9-28-10-8-26/h1-6,11H,7-10H2,(H,23,24,27)/b14-11-. The van der Waals surface area contributed by atoms with Gasteiger partial charge >= 0.3 is 0 Å². The number of anilines is 2. The number of nitrogens with one attached hydrogen (secondary N) is 1. The molecule has 0 aliphatic carbocycles. The first-order valence-corrected chi connectivity index (χ1v) is 10.7. The smallest absolute Gasteiger partial charge is 0.268 e. The van der Waals surface area contributed by atoms with Gasteiger partial charge in [-0.15, -0.1) is 10.2 Å². The molecule has 3 aromatic rings. The Kier molecular flexibility index (Phi) is 6.23. The molecule has 1 fully saturated rings. The fourth-order valence-corrected chi connectivity index (χ4v) is 3.86. The number of benzene rings is 1. The van der Waals surface area contributed by atoms with Crippen LogP contribution in [0.5, 0.6) is 0 Å². The largest absolute Gasteiger partial charge is 0.457 e. The monoisotopic (exact) mass is 485 g/mol. The summed E-state index contributed by atoms with van der Waals surface area (Å²) in [6.45, 7) is 2.72. The van der Waals surface area contributed by atoms with E-state index in [2.05, 4.69) is 31.4 Å². The van der Waals surface area contributed by atoms with Crippen LogP contribution in [0.2, 0.25) is 0 Å². The molecule has 10 heteroatoms. The lowest BCUT2D eigenvalue weighted by molar-refractivity contribution is -0.112. The Bertz CT molecular complexity index is 1110. The van der Waals surface area contributed by atoms with Gasteiger partial charge in [-0.3, -0.25) is 10.1 Å². The van der Waals surface area contributed by atoms with Crippen LogP contribution in [-0.4, -0.2) is 42.4 Å². The number of halogens is 1. The number of hydrogen-bond acceptors (Lipinski definition) is 8. The van der Waals surface area contributed by atoms with Crippen molar-refractivity contribution in [3.8, 4) is 17.4 Å². The lowest BCUT2D eigenvalue weighted by Crippen LogP contribution is -2.36. The number of morpholine rings is 1. The summed E-state index contributed by atoms with van der Waals surface area (Å²) in [5.41, 5.74) is 0.806. The van der Waals surface area contributed by atoms with Crippen LogP contribution in [0.3, 0.4) is 0 Å². The molecule has 3 heterocycles. The Morgan fingerprint density at radius 1 is 1.20 bits per heavy atom. The van der Waals surface area contributed by atoms with Crippen LogP contribution >= 0.6 is 27.3 Å². The van der Waals surface area contributed by atoms with Crippen molar-refractivity contribution in [2.75, 3.05) is 36.5 Å². The maximum absolute atomic E-state index is 12.5. The minimum Gasteiger partial charge on any atom is -0.457 e. The molecular weight excluding hydrogens is 470 g/mol. The molecule has 0 atom stereocenters. The average Bonchev–Trinajstić information content (AvgIpc) is 3.43. The molecule has 2 aromatic heterocycles. The summed E-state index contributed by atoms with van der Waals surface area (Å²) in [7, 11) is 0. The summed E-state index contributed by atoms with van der Waals surface area (Å²) >= 11 is 4.65. The van der Waals surface area contributed by atoms with Gasteiger partial charge in [-0.05, 0) is 24.3 Å². The van der Waals surface area contributed by atoms with Crippen molar-refractivity contribution in [1.82, 2.24) is 10.2 Å². The minimum atomic E-state index is -0.566. The van der Waals surface area contributed by atoms with E-state index in [1.54, 1.807) is 12.1 Å². The zero-order valence-corrected chi connectivity index (χ0v) is 18.1. The molecule has 1 aliphatic rings. The molecule has 1 aromatic carbocycles. The van der Waals surface area contributed by atoms with Crippen molar-refractivity contribution >= 4 is 49.5 Å². The van der Waals surface area contributed by atoms with Crippen LogP contribution in [0, 0.1) is 11.3 Å². The number of amides is 1. The molecule has 0 saturated carbocycles. The fourth-order valence-electron chi connectivity index (χ4n) is 2.80. The number of carbonyl (C=O) groups excluding carboxylic acids is 1. The Morgan fingerprint density at radius 3 is 2.70 bits per heavy atom. The predicted molar refractivity (Wildman–Crippen MR) is 117 cm³/mol. The molecule has 0 radical (unpaired) electrons. The summed E-state index contributed by atoms with van der Waals surface area (Å²) < 4.78 is 12.0. The number of ether oxygens (including phenoxy) is 1. The Morgan fingerprint density at radius 2 is 1.97 bits per heavy atom. The van der Waals surface area contributed by atoms with Crippen LogP contribution in [-0.2, 0) is 9.53 Å². The minimum absolute atomic E-state index is 0.0881. The fraction of sp³-hybridized carbons (Fsp3) is 0.200. The molecule has 1 aliphatic heterocycles. The molecule has 0 spiro atoms. The SMILES string of the molecule is N#C/C(=C/c1ccc(-c2ccc(Br)cc2)o1)C(=O)Nc1nnc(N2CCOCC2)s1. The Labute approximate surface area is 184 Å². The van der Waals surface area contributed by atoms with Crippen molar-refractivity contribution in [3.63, 3.8) is 0 Å². The summed E-state index contributed by atoms with van der Waals surface area (Å²) in [4.78, 5) is 14.6. The second kappa shape index (κ2) is 9.21. The van der Waals surface area contributed by atoms with E-state index in [9.17, 15) is 10.1 Å². The van der Waals surface area contributed by atoms with Crippen molar-refractivity contribution in [2.24, 2.45) is 0 Å². The molecule has 152 valence electrons. The van der Waals surface area contributed by atoms with Gasteiger partial charge in [0.05, 0.1) is 13.2 Å². The first-order chi connectivity index (χ1) is 14.6. The number of furan rings is 1. The third-order valence-electron chi connectivity index (χ3n) is 4.32. The zero-order chi connectivity index (χ0) is 20.9. The van der Waals surface area contributed by atoms with Gasteiger partial charge in [0, 0.05) is 29.2 Å². The molecule has 1 N–H and O–H groups in total. The van der Waals surface area contributed by atoms with Crippen molar-refractivity contribution in [2.45, 2.75) is 0 Å². The van der Waals surface area contributed by atoms with Crippen molar-refractivity contribution in [3.05, 3.63) is 52.2 Å². The highest BCUT2D eigenvalue weighted by molar-refractivity contribution is 9.10. The zero-order valence-electron chi connectivity index (χ0n) is 15.7. The Balaban J connectivity index is 1.45. The van der Waals surface area contributed by atoms with E-state index in [4.69, 9.17) is 9.15 Å². The third-order valence-corrected chi connectivity index (χ3v) is 5.75. The van der Waals surface area contributed by atoms with E-state index in [0.717, 1.165) is 23.1 Å². The molecule has 1 amide bonds. The quantitative estimate of drug-likeness (QED) is 0.430. The summed E-state index contributed by atoms with van der Waals surface area (Å²) in [5.74, 6) is 0.486. The van der Waals surface area contributed by atoms with Gasteiger partial charge in [-0.25, -0.2) is 0 Å². The van der Waals surface area contributed by atoms with Crippen LogP contribution in [0.1, 0.15) is 5.76 Å². The highest BCUT2D eigenvalue weighted by atomic mass is 79.9. The average molecular weight is 486 g/mol. The lowest BCUT2D eigenvalue weighted by atomic mass is 10.2. The molecule has 8 nitrogen and oxygen atoms in total. The highest BCUT2D eigenvalue weighted by Gasteiger charge is 2.18. The van der Waals surface area contributed by atoms with Gasteiger partial charge in [0.2, 0.25) is 10.3 Å². The van der Waals surface area contributed by atoms with E-state index in [1.165, 1.54) is 17.4 Å². The topological polar surface area (TPSA) is 104 Å². The second-order valence-corrected chi connectivity index (χ2v) is 8.19. The molecule has 0 unspecified atom stereocenters. The van der Waals surface area contributed by atoms with Crippen molar-refractivity contribution in [1.29, 1.82) is 5.26 Å². The van der Waals surface area contributed by atoms with Gasteiger partial charge < -0.3 is 14.1 Å². The number of rotatable bonds is 5. The number of nitriles is 1. The van der Waals surface area contributed by atoms with Crippen LogP contribution in [0.4, 0.5) is 10.3 Å². The van der Waals surface area contributed by atoms with Gasteiger partial charge in [0.15, 0.2) is 0 Å². The number of nitrogens with zero attached hydrogens (tertiary/aromatic N) is 4. The van der Waals surface area contributed by atoms with Gasteiger partial charge in [-0.1, -0.05) is 39.4 Å². The first-order valence-electron chi connectivity index (χ1n) is 9.07. The number of carbonyl (C=O) groups is 1. The molecular formula is C20H16BrN5O3S. The normalized spacial score (nSPS) is 14.4. The van der Waals surface area contributed by atoms with Gasteiger partial charge in [0.1, 0.15) is 23.2 Å². The van der Waals surface area contributed by atoms with Gasteiger partial charge in [0.25, 0.3) is 5.91 Å². The van der Waals surface area contributed by atoms with Gasteiger partial charge in [-0.2, -0.15) is 5.26 Å². The maximum atomic E-state index is 12.5. The summed E-state index contributed by atoms with van der Waals surface area (Å²) in [5, 5.41) is 21.2. The Hall–Kier alpha value is -3.00. The number of hydrogen-bond donors (Lipinski definition) is 1. The first kappa shape index (κ1) is 20.3. The second-order valence-electron chi connectivity index (χ2n) is 6.32. The lowest BCUT2D eigenvalue weighted by Gasteiger charge is -2.25. The van der Waals surface area contributed by atoms with Crippen LogP contribution in [0.15, 0.2) is 50.9 Å². The van der Waals surface area contributed by atoms with Crippen LogP contribution < -0.4 is 10.2 Å². The van der Waals surface area contributed by atoms with E-state index >= 15 is 0 Å². The third kappa shape index (κ3) is 4.76. The number of aromatic nitrogens is 2. The highest BCUT2D eigenvalue weighted by Crippen LogP contribution is 2.27. The van der Waals surface area contributed by atoms with Crippen LogP contribution in [0.25, 0.3) is 17.4 Å². The summed E-state index contributed by atoms with van der Waals surface area (Å²) in [6.07, 6.45) is 1.40. The molecule has 1 saturated heterocycles. The van der Waals surface area contributed by atoms with E-state index in [1.807, 2.05) is 35.2 Å². The molecule has 4 rings (SSSR count). The molecule has 0 bridgehead atoms. The van der Waals surface area contributed by atoms with E-state index < -0.39 is 5.91 Å². The molecule has 30 heavy (non-hydrogen) atoms. The maximum Gasteiger partial charge on any atom is 0.268 e. The predicted octanol–water partition coefficient (Wildman–Crippen LogP) is 3.94. The van der Waals surface area contributed by atoms with E-state index in [-0.39, 0.29) is 5.57 Å².